The van der Waals surface area contributed by atoms with Crippen LogP contribution >= 0.6 is 15.9 Å². The lowest BCUT2D eigenvalue weighted by molar-refractivity contribution is -0.122. The predicted octanol–water partition coefficient (Wildman–Crippen LogP) is 3.35. The molecule has 0 saturated carbocycles. The third-order valence-corrected chi connectivity index (χ3v) is 4.34. The highest BCUT2D eigenvalue weighted by Gasteiger charge is 2.28. The molecular weight excluding hydrogens is 332 g/mol. The van der Waals surface area contributed by atoms with E-state index in [9.17, 15) is 4.79 Å². The van der Waals surface area contributed by atoms with Crippen LogP contribution in [0.5, 0.6) is 0 Å². The molecule has 21 heavy (non-hydrogen) atoms. The number of oxazole rings is 1. The molecule has 0 radical (unpaired) electrons. The van der Waals surface area contributed by atoms with Crippen LogP contribution in [0, 0.1) is 0 Å². The van der Waals surface area contributed by atoms with E-state index in [1.54, 1.807) is 6.26 Å². The van der Waals surface area contributed by atoms with Crippen molar-refractivity contribution in [2.75, 3.05) is 0 Å². The Labute approximate surface area is 132 Å². The quantitative estimate of drug-likeness (QED) is 0.921. The van der Waals surface area contributed by atoms with E-state index in [-0.39, 0.29) is 11.8 Å². The minimum absolute atomic E-state index is 0.0503. The molecule has 1 aromatic carbocycles. The van der Waals surface area contributed by atoms with E-state index in [0.717, 1.165) is 35.0 Å². The van der Waals surface area contributed by atoms with Crippen LogP contribution in [-0.4, -0.2) is 10.9 Å². The van der Waals surface area contributed by atoms with Crippen molar-refractivity contribution in [3.05, 3.63) is 51.6 Å². The van der Waals surface area contributed by atoms with Gasteiger partial charge in [-0.15, -0.1) is 0 Å². The molecule has 1 unspecified atom stereocenters. The van der Waals surface area contributed by atoms with Crippen LogP contribution in [-0.2, 0) is 24.2 Å². The van der Waals surface area contributed by atoms with Gasteiger partial charge in [0.05, 0.1) is 18.2 Å². The van der Waals surface area contributed by atoms with Gasteiger partial charge < -0.3 is 9.73 Å². The summed E-state index contributed by atoms with van der Waals surface area (Å²) in [6.45, 7) is 2.41. The fourth-order valence-electron chi connectivity index (χ4n) is 2.75. The van der Waals surface area contributed by atoms with E-state index < -0.39 is 0 Å². The molecule has 1 N–H and O–H groups in total. The molecule has 1 aromatic heterocycles. The van der Waals surface area contributed by atoms with Gasteiger partial charge in [-0.1, -0.05) is 28.9 Å². The zero-order valence-corrected chi connectivity index (χ0v) is 13.4. The molecule has 0 saturated heterocycles. The Morgan fingerprint density at radius 2 is 2.38 bits per heavy atom. The molecule has 4 nitrogen and oxygen atoms in total. The van der Waals surface area contributed by atoms with Crippen molar-refractivity contribution in [1.82, 2.24) is 10.3 Å². The maximum atomic E-state index is 12.4. The number of hydrogen-bond acceptors (Lipinski definition) is 3. The summed E-state index contributed by atoms with van der Waals surface area (Å²) in [5.41, 5.74) is 3.18. The molecule has 1 amide bonds. The van der Waals surface area contributed by atoms with Crippen LogP contribution in [0.3, 0.4) is 0 Å². The summed E-state index contributed by atoms with van der Waals surface area (Å²) >= 11 is 3.47. The lowest BCUT2D eigenvalue weighted by atomic mass is 10.0. The Morgan fingerprint density at radius 3 is 3.14 bits per heavy atom. The smallest absolute Gasteiger partial charge is 0.227 e. The van der Waals surface area contributed by atoms with Crippen LogP contribution in [0.15, 0.2) is 33.4 Å². The topological polar surface area (TPSA) is 55.1 Å². The Bertz CT molecular complexity index is 666. The molecular formula is C16H17BrN2O2. The van der Waals surface area contributed by atoms with Gasteiger partial charge >= 0.3 is 0 Å². The second kappa shape index (κ2) is 6.02. The lowest BCUT2D eigenvalue weighted by Crippen LogP contribution is -2.28. The van der Waals surface area contributed by atoms with Crippen molar-refractivity contribution in [3.8, 4) is 0 Å². The second-order valence-electron chi connectivity index (χ2n) is 5.24. The van der Waals surface area contributed by atoms with Crippen molar-refractivity contribution in [1.29, 1.82) is 0 Å². The van der Waals surface area contributed by atoms with Gasteiger partial charge in [-0.05, 0) is 36.1 Å². The molecule has 5 heteroatoms. The largest absolute Gasteiger partial charge is 0.449 e. The molecule has 0 aliphatic heterocycles. The minimum Gasteiger partial charge on any atom is -0.449 e. The summed E-state index contributed by atoms with van der Waals surface area (Å²) in [6, 6.07) is 6.14. The summed E-state index contributed by atoms with van der Waals surface area (Å²) in [4.78, 5) is 16.7. The zero-order valence-electron chi connectivity index (χ0n) is 11.9. The van der Waals surface area contributed by atoms with Gasteiger partial charge in [0.1, 0.15) is 6.26 Å². The van der Waals surface area contributed by atoms with Gasteiger partial charge in [-0.3, -0.25) is 4.79 Å². The first-order valence-electron chi connectivity index (χ1n) is 7.16. The Morgan fingerprint density at radius 1 is 1.52 bits per heavy atom. The van der Waals surface area contributed by atoms with Gasteiger partial charge in [0, 0.05) is 10.9 Å². The van der Waals surface area contributed by atoms with Gasteiger partial charge in [-0.2, -0.15) is 0 Å². The first-order chi connectivity index (χ1) is 10.2. The predicted molar refractivity (Wildman–Crippen MR) is 82.9 cm³/mol. The third kappa shape index (κ3) is 3.02. The van der Waals surface area contributed by atoms with E-state index in [4.69, 9.17) is 4.42 Å². The summed E-state index contributed by atoms with van der Waals surface area (Å²) in [7, 11) is 0. The van der Waals surface area contributed by atoms with E-state index in [2.05, 4.69) is 32.3 Å². The average molecular weight is 349 g/mol. The van der Waals surface area contributed by atoms with Crippen molar-refractivity contribution >= 4 is 21.8 Å². The highest BCUT2D eigenvalue weighted by molar-refractivity contribution is 9.10. The number of fused-ring (bicyclic) bond motifs is 1. The SMILES string of the molecule is CCc1nc(CNC(=O)C2CCc3cc(Br)ccc32)co1. The number of hydrogen-bond donors (Lipinski definition) is 1. The molecule has 0 bridgehead atoms. The molecule has 3 rings (SSSR count). The monoisotopic (exact) mass is 348 g/mol. The fourth-order valence-corrected chi connectivity index (χ4v) is 3.16. The van der Waals surface area contributed by atoms with Gasteiger partial charge in [0.2, 0.25) is 5.91 Å². The molecule has 0 spiro atoms. The highest BCUT2D eigenvalue weighted by Crippen LogP contribution is 2.34. The summed E-state index contributed by atoms with van der Waals surface area (Å²) in [6.07, 6.45) is 4.20. The van der Waals surface area contributed by atoms with E-state index in [0.29, 0.717) is 12.4 Å². The normalized spacial score (nSPS) is 16.8. The first kappa shape index (κ1) is 14.3. The standard InChI is InChI=1S/C16H17BrN2O2/c1-2-15-19-12(9-21-15)8-18-16(20)14-5-3-10-7-11(17)4-6-13(10)14/h4,6-7,9,14H,2-3,5,8H2,1H3,(H,18,20). The fraction of sp³-hybridized carbons (Fsp3) is 0.375. The van der Waals surface area contributed by atoms with E-state index >= 15 is 0 Å². The summed E-state index contributed by atoms with van der Waals surface area (Å²) in [5.74, 6) is 0.720. The number of aryl methyl sites for hydroxylation is 2. The number of carbonyl (C=O) groups excluding carboxylic acids is 1. The number of benzene rings is 1. The number of nitrogens with one attached hydrogen (secondary N) is 1. The van der Waals surface area contributed by atoms with Crippen LogP contribution in [0.25, 0.3) is 0 Å². The second-order valence-corrected chi connectivity index (χ2v) is 6.15. The van der Waals surface area contributed by atoms with Gasteiger partial charge in [-0.25, -0.2) is 4.98 Å². The van der Waals surface area contributed by atoms with Crippen LogP contribution in [0.1, 0.15) is 42.0 Å². The lowest BCUT2D eigenvalue weighted by Gasteiger charge is -2.11. The highest BCUT2D eigenvalue weighted by atomic mass is 79.9. The Balaban J connectivity index is 1.65. The number of amides is 1. The van der Waals surface area contributed by atoms with Crippen molar-refractivity contribution in [2.24, 2.45) is 0 Å². The summed E-state index contributed by atoms with van der Waals surface area (Å²) < 4.78 is 6.34. The molecule has 2 aromatic rings. The van der Waals surface area contributed by atoms with Crippen LogP contribution < -0.4 is 5.32 Å². The average Bonchev–Trinajstić information content (AvgIpc) is 3.10. The van der Waals surface area contributed by atoms with Gasteiger partial charge in [0.15, 0.2) is 5.89 Å². The Kier molecular flexibility index (Phi) is 4.10. The number of nitrogens with zero attached hydrogens (tertiary/aromatic N) is 1. The summed E-state index contributed by atoms with van der Waals surface area (Å²) in [5, 5.41) is 2.96. The maximum absolute atomic E-state index is 12.4. The van der Waals surface area contributed by atoms with Gasteiger partial charge in [0.25, 0.3) is 0 Å². The molecule has 110 valence electrons. The van der Waals surface area contributed by atoms with Crippen molar-refractivity contribution in [3.63, 3.8) is 0 Å². The molecule has 0 fully saturated rings. The number of carbonyl (C=O) groups is 1. The Hall–Kier alpha value is -1.62. The van der Waals surface area contributed by atoms with E-state index in [1.165, 1.54) is 5.56 Å². The molecule has 1 atom stereocenters. The van der Waals surface area contributed by atoms with Crippen LogP contribution in [0.4, 0.5) is 0 Å². The van der Waals surface area contributed by atoms with Crippen molar-refractivity contribution < 1.29 is 9.21 Å². The molecule has 1 heterocycles. The molecule has 1 aliphatic carbocycles. The third-order valence-electron chi connectivity index (χ3n) is 3.84. The molecule has 1 aliphatic rings. The first-order valence-corrected chi connectivity index (χ1v) is 7.96. The van der Waals surface area contributed by atoms with Crippen molar-refractivity contribution in [2.45, 2.75) is 38.6 Å². The van der Waals surface area contributed by atoms with Crippen LogP contribution in [0.2, 0.25) is 0 Å². The number of halogens is 1. The minimum atomic E-state index is -0.0503. The number of rotatable bonds is 4. The number of aromatic nitrogens is 1. The maximum Gasteiger partial charge on any atom is 0.227 e. The van der Waals surface area contributed by atoms with E-state index in [1.807, 2.05) is 19.1 Å². The zero-order chi connectivity index (χ0) is 14.8.